The number of carbonyl (C=O) groups is 1. The summed E-state index contributed by atoms with van der Waals surface area (Å²) < 4.78 is 0. The summed E-state index contributed by atoms with van der Waals surface area (Å²) in [5.74, 6) is 0.494. The highest BCUT2D eigenvalue weighted by molar-refractivity contribution is 7.15. The molecule has 5 nitrogen and oxygen atoms in total. The predicted octanol–water partition coefficient (Wildman–Crippen LogP) is 3.04. The summed E-state index contributed by atoms with van der Waals surface area (Å²) in [6.45, 7) is 8.27. The maximum Gasteiger partial charge on any atom is 0.225 e. The Hall–Kier alpha value is -1.14. The first-order valence-electron chi connectivity index (χ1n) is 10.0. The van der Waals surface area contributed by atoms with Crippen LogP contribution in [0.2, 0.25) is 0 Å². The smallest absolute Gasteiger partial charge is 0.225 e. The van der Waals surface area contributed by atoms with Crippen molar-refractivity contribution >= 4 is 22.4 Å². The molecule has 0 bridgehead atoms. The molecule has 144 valence electrons. The van der Waals surface area contributed by atoms with E-state index in [1.165, 1.54) is 4.88 Å². The number of hydrogen-bond donors (Lipinski definition) is 2. The number of hydrogen-bond acceptors (Lipinski definition) is 5. The molecule has 3 aliphatic rings. The zero-order valence-corrected chi connectivity index (χ0v) is 16.9. The Balaban J connectivity index is 1.58. The summed E-state index contributed by atoms with van der Waals surface area (Å²) in [6, 6.07) is 0. The molecule has 0 aromatic carbocycles. The molecule has 2 aliphatic carbocycles. The molecule has 1 aromatic heterocycles. The average molecular weight is 378 g/mol. The van der Waals surface area contributed by atoms with E-state index in [1.807, 2.05) is 11.8 Å². The second-order valence-corrected chi connectivity index (χ2v) is 10.1. The number of nitrogens with zero attached hydrogens (tertiary/aromatic N) is 2. The van der Waals surface area contributed by atoms with Gasteiger partial charge >= 0.3 is 0 Å². The minimum absolute atomic E-state index is 0.0427. The van der Waals surface area contributed by atoms with E-state index in [9.17, 15) is 9.90 Å². The van der Waals surface area contributed by atoms with Gasteiger partial charge in [-0.1, -0.05) is 20.8 Å². The number of aromatic nitrogens is 1. The third kappa shape index (κ3) is 2.76. The van der Waals surface area contributed by atoms with Crippen LogP contribution in [0.5, 0.6) is 0 Å². The van der Waals surface area contributed by atoms with Crippen molar-refractivity contribution in [3.63, 3.8) is 0 Å². The van der Waals surface area contributed by atoms with Crippen molar-refractivity contribution in [2.75, 3.05) is 18.8 Å². The van der Waals surface area contributed by atoms with Crippen LogP contribution in [0.25, 0.3) is 0 Å². The van der Waals surface area contributed by atoms with Crippen LogP contribution in [0.1, 0.15) is 62.9 Å². The first-order chi connectivity index (χ1) is 12.3. The van der Waals surface area contributed by atoms with E-state index < -0.39 is 6.10 Å². The number of nitrogen functional groups attached to an aromatic ring is 1. The first-order valence-corrected chi connectivity index (χ1v) is 10.9. The molecular formula is C20H31N3O2S. The van der Waals surface area contributed by atoms with Crippen LogP contribution in [0.3, 0.4) is 0 Å². The second kappa shape index (κ2) is 6.48. The van der Waals surface area contributed by atoms with Crippen molar-refractivity contribution in [3.05, 3.63) is 10.6 Å². The van der Waals surface area contributed by atoms with Gasteiger partial charge in [0.1, 0.15) is 0 Å². The topological polar surface area (TPSA) is 79.5 Å². The normalized spacial score (nSPS) is 37.9. The molecule has 1 amide bonds. The Labute approximate surface area is 160 Å². The Morgan fingerprint density at radius 3 is 2.81 bits per heavy atom. The number of aliphatic hydroxyl groups excluding tert-OH is 1. The van der Waals surface area contributed by atoms with E-state index in [0.717, 1.165) is 50.9 Å². The van der Waals surface area contributed by atoms with E-state index in [0.29, 0.717) is 5.13 Å². The lowest BCUT2D eigenvalue weighted by Gasteiger charge is -2.53. The number of fused-ring (bicyclic) bond motifs is 2. The van der Waals surface area contributed by atoms with Crippen molar-refractivity contribution in [1.29, 1.82) is 0 Å². The highest BCUT2D eigenvalue weighted by atomic mass is 32.1. The van der Waals surface area contributed by atoms with Gasteiger partial charge in [0.15, 0.2) is 5.13 Å². The maximum atomic E-state index is 12.9. The third-order valence-corrected chi connectivity index (χ3v) is 8.29. The Morgan fingerprint density at radius 2 is 2.12 bits per heavy atom. The van der Waals surface area contributed by atoms with Crippen LogP contribution < -0.4 is 5.73 Å². The number of thiazole rings is 1. The van der Waals surface area contributed by atoms with Gasteiger partial charge in [0.2, 0.25) is 5.91 Å². The van der Waals surface area contributed by atoms with Gasteiger partial charge in [0.05, 0.1) is 11.8 Å². The molecule has 6 atom stereocenters. The molecule has 0 radical (unpaired) electrons. The van der Waals surface area contributed by atoms with Crippen molar-refractivity contribution in [3.8, 4) is 0 Å². The number of likely N-dealkylation sites (tertiary alicyclic amines) is 1. The molecule has 1 aromatic rings. The summed E-state index contributed by atoms with van der Waals surface area (Å²) in [7, 11) is 0. The number of anilines is 1. The number of aliphatic hydroxyl groups is 1. The first kappa shape index (κ1) is 18.2. The SMILES string of the molecule is C[C@H](C(=O)N1CCCC1)[C@H]1CC[C@]2(C)Cc3sc(N)nc3[C@@H](C)[C@@H]2[C@H]1O. The van der Waals surface area contributed by atoms with E-state index in [-0.39, 0.29) is 35.0 Å². The van der Waals surface area contributed by atoms with Gasteiger partial charge in [-0.2, -0.15) is 0 Å². The summed E-state index contributed by atoms with van der Waals surface area (Å²) >= 11 is 1.60. The lowest BCUT2D eigenvalue weighted by Crippen LogP contribution is -2.53. The molecule has 1 saturated carbocycles. The molecule has 3 N–H and O–H groups in total. The molecular weight excluding hydrogens is 346 g/mol. The molecule has 2 heterocycles. The van der Waals surface area contributed by atoms with Crippen LogP contribution in [0, 0.1) is 23.2 Å². The number of amides is 1. The quantitative estimate of drug-likeness (QED) is 0.830. The lowest BCUT2D eigenvalue weighted by molar-refractivity contribution is -0.143. The Kier molecular flexibility index (Phi) is 4.55. The van der Waals surface area contributed by atoms with Crippen molar-refractivity contribution in [2.45, 2.75) is 64.9 Å². The number of rotatable bonds is 2. The molecule has 1 saturated heterocycles. The minimum atomic E-state index is -0.457. The third-order valence-electron chi connectivity index (χ3n) is 7.39. The molecule has 4 rings (SSSR count). The summed E-state index contributed by atoms with van der Waals surface area (Å²) in [4.78, 5) is 20.8. The van der Waals surface area contributed by atoms with Gasteiger partial charge in [-0.05, 0) is 49.4 Å². The van der Waals surface area contributed by atoms with E-state index in [2.05, 4.69) is 18.8 Å². The molecule has 1 aliphatic heterocycles. The Bertz CT molecular complexity index is 699. The summed E-state index contributed by atoms with van der Waals surface area (Å²) in [5, 5.41) is 12.0. The monoisotopic (exact) mass is 377 g/mol. The van der Waals surface area contributed by atoms with Crippen LogP contribution in [0.4, 0.5) is 5.13 Å². The van der Waals surface area contributed by atoms with Crippen LogP contribution in [-0.4, -0.2) is 40.1 Å². The van der Waals surface area contributed by atoms with Crippen molar-refractivity contribution in [2.24, 2.45) is 23.2 Å². The van der Waals surface area contributed by atoms with Gasteiger partial charge in [-0.25, -0.2) is 4.98 Å². The maximum absolute atomic E-state index is 12.9. The molecule has 2 fully saturated rings. The zero-order chi connectivity index (χ0) is 18.6. The van der Waals surface area contributed by atoms with Crippen molar-refractivity contribution < 1.29 is 9.90 Å². The fourth-order valence-corrected chi connectivity index (χ4v) is 7.11. The number of carbonyl (C=O) groups excluding carboxylic acids is 1. The largest absolute Gasteiger partial charge is 0.392 e. The fourth-order valence-electron chi connectivity index (χ4n) is 5.97. The molecule has 6 heteroatoms. The second-order valence-electron chi connectivity index (χ2n) is 9.02. The van der Waals surface area contributed by atoms with E-state index >= 15 is 0 Å². The summed E-state index contributed by atoms with van der Waals surface area (Å²) in [5.41, 5.74) is 7.11. The van der Waals surface area contributed by atoms with Gasteiger partial charge < -0.3 is 15.7 Å². The average Bonchev–Trinajstić information content (AvgIpc) is 3.22. The van der Waals surface area contributed by atoms with Crippen LogP contribution in [0.15, 0.2) is 0 Å². The van der Waals surface area contributed by atoms with Crippen LogP contribution >= 0.6 is 11.3 Å². The molecule has 26 heavy (non-hydrogen) atoms. The van der Waals surface area contributed by atoms with E-state index in [1.54, 1.807) is 11.3 Å². The standard InChI is InChI=1S/C20H31N3O2S/c1-11(18(25)23-8-4-5-9-23)13-6-7-20(3)10-14-16(22-19(21)26-14)12(2)15(20)17(13)24/h11-13,15,17,24H,4-10H2,1-3H3,(H2,21,22)/t11-,12-,13+,15+,17-,20+/m0/s1. The van der Waals surface area contributed by atoms with Gasteiger partial charge in [-0.15, -0.1) is 11.3 Å². The zero-order valence-electron chi connectivity index (χ0n) is 16.1. The minimum Gasteiger partial charge on any atom is -0.392 e. The molecule has 0 spiro atoms. The number of nitrogens with two attached hydrogens (primary N) is 1. The van der Waals surface area contributed by atoms with Gasteiger partial charge in [0, 0.05) is 29.8 Å². The highest BCUT2D eigenvalue weighted by Crippen LogP contribution is 2.57. The molecule has 0 unspecified atom stereocenters. The predicted molar refractivity (Wildman–Crippen MR) is 104 cm³/mol. The fraction of sp³-hybridized carbons (Fsp3) is 0.800. The van der Waals surface area contributed by atoms with E-state index in [4.69, 9.17) is 5.73 Å². The van der Waals surface area contributed by atoms with Gasteiger partial charge in [-0.3, -0.25) is 4.79 Å². The highest BCUT2D eigenvalue weighted by Gasteiger charge is 2.54. The van der Waals surface area contributed by atoms with Crippen molar-refractivity contribution in [1.82, 2.24) is 9.88 Å². The summed E-state index contributed by atoms with van der Waals surface area (Å²) in [6.07, 6.45) is 4.68. The Morgan fingerprint density at radius 1 is 1.42 bits per heavy atom. The van der Waals surface area contributed by atoms with Gasteiger partial charge in [0.25, 0.3) is 0 Å². The van der Waals surface area contributed by atoms with Crippen LogP contribution in [-0.2, 0) is 11.2 Å². The lowest BCUT2D eigenvalue weighted by atomic mass is 9.53.